The maximum Gasteiger partial charge on any atom is 0.308 e. The van der Waals surface area contributed by atoms with Gasteiger partial charge in [0.25, 0.3) is 0 Å². The third kappa shape index (κ3) is 25.2. The maximum atomic E-state index is 12.5. The minimum absolute atomic E-state index is 0.00754. The molecule has 8 nitrogen and oxygen atoms in total. The maximum absolute atomic E-state index is 12.5. The lowest BCUT2D eigenvalue weighted by atomic mass is 9.93. The molecule has 8 heteroatoms. The van der Waals surface area contributed by atoms with E-state index in [0.29, 0.717) is 39.3 Å². The Bertz CT molecular complexity index is 723. The van der Waals surface area contributed by atoms with Crippen molar-refractivity contribution in [2.24, 2.45) is 11.8 Å². The molecular weight excluding hydrogens is 560 g/mol. The molecule has 0 heterocycles. The molecule has 0 fully saturated rings. The van der Waals surface area contributed by atoms with E-state index in [0.717, 1.165) is 109 Å². The first-order valence-corrected chi connectivity index (χ1v) is 18.0. The second-order valence-corrected chi connectivity index (χ2v) is 11.8. The van der Waals surface area contributed by atoms with E-state index < -0.39 is 0 Å². The Hall–Kier alpha value is -2.12. The SMILES string of the molecule is CCOC(=O)CCCCCCCC(CCCCCCCCCC(CCCCCCC(=O)OCC)C(=O)OCC)C(=O)OCC. The molecule has 0 radical (unpaired) electrons. The van der Waals surface area contributed by atoms with Crippen LogP contribution in [0.15, 0.2) is 0 Å². The molecule has 258 valence electrons. The van der Waals surface area contributed by atoms with Crippen LogP contribution >= 0.6 is 0 Å². The highest BCUT2D eigenvalue weighted by Crippen LogP contribution is 2.23. The summed E-state index contributed by atoms with van der Waals surface area (Å²) in [7, 11) is 0. The number of ether oxygens (including phenoxy) is 4. The van der Waals surface area contributed by atoms with Crippen LogP contribution in [0.5, 0.6) is 0 Å². The third-order valence-corrected chi connectivity index (χ3v) is 8.07. The first-order valence-electron chi connectivity index (χ1n) is 18.0. The lowest BCUT2D eigenvalue weighted by molar-refractivity contribution is -0.149. The summed E-state index contributed by atoms with van der Waals surface area (Å²) in [5.74, 6) is -0.384. The van der Waals surface area contributed by atoms with Crippen LogP contribution in [0.2, 0.25) is 0 Å². The van der Waals surface area contributed by atoms with Gasteiger partial charge < -0.3 is 18.9 Å². The second-order valence-electron chi connectivity index (χ2n) is 11.8. The second kappa shape index (κ2) is 30.9. The quantitative estimate of drug-likeness (QED) is 0.0426. The van der Waals surface area contributed by atoms with Crippen LogP contribution in [-0.2, 0) is 38.1 Å². The van der Waals surface area contributed by atoms with Gasteiger partial charge in [-0.15, -0.1) is 0 Å². The summed E-state index contributed by atoms with van der Waals surface area (Å²) >= 11 is 0. The van der Waals surface area contributed by atoms with Crippen LogP contribution in [0.3, 0.4) is 0 Å². The van der Waals surface area contributed by atoms with Crippen LogP contribution in [-0.4, -0.2) is 50.3 Å². The van der Waals surface area contributed by atoms with Crippen LogP contribution < -0.4 is 0 Å². The monoisotopic (exact) mass is 626 g/mol. The van der Waals surface area contributed by atoms with Crippen LogP contribution in [0.1, 0.15) is 169 Å². The minimum Gasteiger partial charge on any atom is -0.466 e. The predicted octanol–water partition coefficient (Wildman–Crippen LogP) is 9.05. The molecule has 0 aliphatic carbocycles. The number of esters is 4. The van der Waals surface area contributed by atoms with Crippen LogP contribution in [0.4, 0.5) is 0 Å². The highest BCUT2D eigenvalue weighted by atomic mass is 16.5. The van der Waals surface area contributed by atoms with Crippen molar-refractivity contribution >= 4 is 23.9 Å². The number of hydrogen-bond donors (Lipinski definition) is 0. The van der Waals surface area contributed by atoms with Gasteiger partial charge in [0.15, 0.2) is 0 Å². The van der Waals surface area contributed by atoms with E-state index in [2.05, 4.69) is 0 Å². The molecule has 0 rings (SSSR count). The van der Waals surface area contributed by atoms with Gasteiger partial charge in [0.2, 0.25) is 0 Å². The van der Waals surface area contributed by atoms with Crippen molar-refractivity contribution < 1.29 is 38.1 Å². The van der Waals surface area contributed by atoms with Gasteiger partial charge in [-0.2, -0.15) is 0 Å². The van der Waals surface area contributed by atoms with Crippen molar-refractivity contribution in [3.63, 3.8) is 0 Å². The number of carbonyl (C=O) groups excluding carboxylic acids is 4. The molecule has 0 aliphatic rings. The van der Waals surface area contributed by atoms with Gasteiger partial charge in [-0.05, 0) is 66.2 Å². The molecule has 0 N–H and O–H groups in total. The normalized spacial score (nSPS) is 12.4. The van der Waals surface area contributed by atoms with Crippen molar-refractivity contribution in [3.8, 4) is 0 Å². The first-order chi connectivity index (χ1) is 21.4. The van der Waals surface area contributed by atoms with E-state index in [1.165, 1.54) is 19.3 Å². The van der Waals surface area contributed by atoms with E-state index in [1.54, 1.807) is 0 Å². The standard InChI is InChI=1S/C36H66O8/c1-5-41-33(37)29-23-16-12-15-21-27-31(35(39)43-7-3)25-19-13-10-9-11-14-20-26-32(36(40)44-8-4)28-22-17-18-24-30-34(38)42-6-2/h31-32H,5-30H2,1-4H3. The highest BCUT2D eigenvalue weighted by Gasteiger charge is 2.20. The zero-order chi connectivity index (χ0) is 32.7. The third-order valence-electron chi connectivity index (χ3n) is 8.07. The van der Waals surface area contributed by atoms with E-state index in [1.807, 2.05) is 27.7 Å². The Kier molecular flexibility index (Phi) is 29.4. The zero-order valence-corrected chi connectivity index (χ0v) is 28.8. The summed E-state index contributed by atoms with van der Waals surface area (Å²) in [6, 6.07) is 0. The average molecular weight is 627 g/mol. The molecule has 0 aromatic heterocycles. The van der Waals surface area contributed by atoms with Gasteiger partial charge in [0.1, 0.15) is 0 Å². The Morgan fingerprint density at radius 1 is 0.364 bits per heavy atom. The number of rotatable bonds is 31. The Balaban J connectivity index is 4.08. The molecule has 0 bridgehead atoms. The Morgan fingerprint density at radius 2 is 0.614 bits per heavy atom. The summed E-state index contributed by atoms with van der Waals surface area (Å²) < 4.78 is 20.6. The van der Waals surface area contributed by atoms with Gasteiger partial charge in [0, 0.05) is 12.8 Å². The first kappa shape index (κ1) is 41.9. The van der Waals surface area contributed by atoms with Gasteiger partial charge in [-0.1, -0.05) is 89.9 Å². The summed E-state index contributed by atoms with van der Waals surface area (Å²) in [5.41, 5.74) is 0. The molecule has 0 aromatic carbocycles. The zero-order valence-electron chi connectivity index (χ0n) is 28.8. The molecule has 0 spiro atoms. The van der Waals surface area contributed by atoms with Gasteiger partial charge >= 0.3 is 23.9 Å². The fourth-order valence-corrected chi connectivity index (χ4v) is 5.62. The summed E-state index contributed by atoms with van der Waals surface area (Å²) in [5, 5.41) is 0. The Morgan fingerprint density at radius 3 is 0.886 bits per heavy atom. The highest BCUT2D eigenvalue weighted by molar-refractivity contribution is 5.72. The predicted molar refractivity (Wildman–Crippen MR) is 175 cm³/mol. The molecule has 2 atom stereocenters. The topological polar surface area (TPSA) is 105 Å². The minimum atomic E-state index is -0.124. The van der Waals surface area contributed by atoms with Crippen molar-refractivity contribution in [1.29, 1.82) is 0 Å². The number of carbonyl (C=O) groups is 4. The molecule has 0 saturated heterocycles. The summed E-state index contributed by atoms with van der Waals surface area (Å²) in [6.45, 7) is 9.10. The summed E-state index contributed by atoms with van der Waals surface area (Å²) in [6.07, 6.45) is 21.2. The molecule has 0 aromatic rings. The Labute approximate surface area is 269 Å². The van der Waals surface area contributed by atoms with E-state index in [-0.39, 0.29) is 35.7 Å². The van der Waals surface area contributed by atoms with Crippen molar-refractivity contribution in [3.05, 3.63) is 0 Å². The fourth-order valence-electron chi connectivity index (χ4n) is 5.62. The lowest BCUT2D eigenvalue weighted by Crippen LogP contribution is -2.18. The van der Waals surface area contributed by atoms with E-state index in [9.17, 15) is 19.2 Å². The molecule has 0 saturated carbocycles. The molecule has 0 amide bonds. The van der Waals surface area contributed by atoms with Crippen molar-refractivity contribution in [1.82, 2.24) is 0 Å². The smallest absolute Gasteiger partial charge is 0.308 e. The van der Waals surface area contributed by atoms with Crippen LogP contribution in [0.25, 0.3) is 0 Å². The van der Waals surface area contributed by atoms with Crippen LogP contribution in [0, 0.1) is 11.8 Å². The largest absolute Gasteiger partial charge is 0.466 e. The molecular formula is C36H66O8. The fraction of sp³-hybridized carbons (Fsp3) is 0.889. The van der Waals surface area contributed by atoms with Gasteiger partial charge in [0.05, 0.1) is 38.3 Å². The van der Waals surface area contributed by atoms with Gasteiger partial charge in [-0.3, -0.25) is 19.2 Å². The average Bonchev–Trinajstić information content (AvgIpc) is 2.99. The van der Waals surface area contributed by atoms with Gasteiger partial charge in [-0.25, -0.2) is 0 Å². The van der Waals surface area contributed by atoms with Crippen molar-refractivity contribution in [2.45, 2.75) is 169 Å². The number of hydrogen-bond acceptors (Lipinski definition) is 8. The van der Waals surface area contributed by atoms with Crippen molar-refractivity contribution in [2.75, 3.05) is 26.4 Å². The molecule has 0 aliphatic heterocycles. The molecule has 2 unspecified atom stereocenters. The summed E-state index contributed by atoms with van der Waals surface area (Å²) in [4.78, 5) is 47.8. The molecule has 44 heavy (non-hydrogen) atoms. The van der Waals surface area contributed by atoms with E-state index in [4.69, 9.17) is 18.9 Å². The van der Waals surface area contributed by atoms with E-state index >= 15 is 0 Å². The number of unbranched alkanes of at least 4 members (excludes halogenated alkanes) is 13. The lowest BCUT2D eigenvalue weighted by Gasteiger charge is -2.16.